The molecule has 8 nitrogen and oxygen atoms in total. The first-order chi connectivity index (χ1) is 17.1. The van der Waals surface area contributed by atoms with Gasteiger partial charge in [0.1, 0.15) is 12.4 Å². The molecule has 2 aromatic rings. The molecule has 1 saturated carbocycles. The number of Topliss-reactive ketones (excluding diaryl/α,β-unsaturated/α-hetero) is 1. The predicted molar refractivity (Wildman–Crippen MR) is 137 cm³/mol. The van der Waals surface area contributed by atoms with Crippen LogP contribution in [0.1, 0.15) is 42.4 Å². The topological polar surface area (TPSA) is 95.3 Å². The van der Waals surface area contributed by atoms with E-state index < -0.39 is 19.4 Å². The Morgan fingerprint density at radius 3 is 2.75 bits per heavy atom. The number of carbonyl (C=O) groups excluding carboxylic acids is 2. The highest BCUT2D eigenvalue weighted by Crippen LogP contribution is 2.51. The van der Waals surface area contributed by atoms with Gasteiger partial charge in [-0.25, -0.2) is 9.07 Å². The van der Waals surface area contributed by atoms with E-state index in [1.807, 2.05) is 6.92 Å². The van der Waals surface area contributed by atoms with Crippen molar-refractivity contribution in [1.82, 2.24) is 20.1 Å². The van der Waals surface area contributed by atoms with E-state index in [2.05, 4.69) is 35.0 Å². The number of hydrogen-bond donors (Lipinski definition) is 1. The molecule has 0 amide bonds. The molecule has 2 fully saturated rings. The molecule has 3 atom stereocenters. The molecule has 1 aliphatic carbocycles. The zero-order valence-electron chi connectivity index (χ0n) is 21.9. The number of rotatable bonds is 10. The van der Waals surface area contributed by atoms with Crippen molar-refractivity contribution < 1.29 is 23.5 Å². The summed E-state index contributed by atoms with van der Waals surface area (Å²) in [6, 6.07) is 4.37. The van der Waals surface area contributed by atoms with E-state index in [1.54, 1.807) is 16.8 Å². The number of halogens is 1. The Morgan fingerprint density at radius 2 is 2.06 bits per heavy atom. The summed E-state index contributed by atoms with van der Waals surface area (Å²) in [7, 11) is 0.128. The minimum absolute atomic E-state index is 0.0969. The van der Waals surface area contributed by atoms with Crippen LogP contribution in [0.5, 0.6) is 0 Å². The number of aryl methyl sites for hydroxylation is 1. The molecule has 1 saturated heterocycles. The SMILES string of the molecule is CCc1cc(-c2cc(C(=O)C3CC34CC(C(=O)OC)CCN4)nn2COCC[Si](C)(C)C)c(F)cn1. The normalized spacial score (nSPS) is 23.6. The largest absolute Gasteiger partial charge is 0.469 e. The van der Waals surface area contributed by atoms with E-state index in [1.165, 1.54) is 13.3 Å². The van der Waals surface area contributed by atoms with Crippen LogP contribution >= 0.6 is 0 Å². The van der Waals surface area contributed by atoms with E-state index in [0.29, 0.717) is 50.1 Å². The average Bonchev–Trinajstić information content (AvgIpc) is 3.36. The maximum Gasteiger partial charge on any atom is 0.308 e. The fraction of sp³-hybridized carbons (Fsp3) is 0.615. The average molecular weight is 517 g/mol. The lowest BCUT2D eigenvalue weighted by molar-refractivity contribution is -0.146. The summed E-state index contributed by atoms with van der Waals surface area (Å²) >= 11 is 0. The lowest BCUT2D eigenvalue weighted by Gasteiger charge is -2.29. The molecule has 4 rings (SSSR count). The maximum atomic E-state index is 14.9. The number of hydrogen-bond acceptors (Lipinski definition) is 7. The summed E-state index contributed by atoms with van der Waals surface area (Å²) in [4.78, 5) is 29.8. The van der Waals surface area contributed by atoms with Crippen molar-refractivity contribution in [3.05, 3.63) is 35.5 Å². The van der Waals surface area contributed by atoms with Crippen LogP contribution in [0.4, 0.5) is 4.39 Å². The fourth-order valence-electron chi connectivity index (χ4n) is 4.98. The number of piperidine rings is 1. The van der Waals surface area contributed by atoms with Crippen molar-refractivity contribution in [2.24, 2.45) is 11.8 Å². The minimum atomic E-state index is -1.27. The molecule has 0 aromatic carbocycles. The third kappa shape index (κ3) is 5.76. The number of ketones is 1. The van der Waals surface area contributed by atoms with Crippen LogP contribution in [0, 0.1) is 17.7 Å². The summed E-state index contributed by atoms with van der Waals surface area (Å²) in [5.41, 5.74) is 1.50. The molecule has 2 aliphatic rings. The molecule has 2 aromatic heterocycles. The van der Waals surface area contributed by atoms with Crippen LogP contribution in [-0.4, -0.2) is 60.4 Å². The molecule has 3 unspecified atom stereocenters. The smallest absolute Gasteiger partial charge is 0.308 e. The fourth-order valence-corrected chi connectivity index (χ4v) is 5.74. The molecule has 1 N–H and O–H groups in total. The van der Waals surface area contributed by atoms with Crippen molar-refractivity contribution in [3.8, 4) is 11.3 Å². The number of esters is 1. The molecule has 3 heterocycles. The van der Waals surface area contributed by atoms with Gasteiger partial charge >= 0.3 is 5.97 Å². The Hall–Kier alpha value is -2.43. The number of ether oxygens (including phenoxy) is 2. The van der Waals surface area contributed by atoms with Crippen LogP contribution in [0.2, 0.25) is 25.7 Å². The summed E-state index contributed by atoms with van der Waals surface area (Å²) in [6.45, 7) is 10.2. The Balaban J connectivity index is 1.58. The van der Waals surface area contributed by atoms with E-state index in [4.69, 9.17) is 9.47 Å². The zero-order valence-corrected chi connectivity index (χ0v) is 22.9. The van der Waals surface area contributed by atoms with Crippen molar-refractivity contribution in [2.45, 2.75) is 70.6 Å². The van der Waals surface area contributed by atoms with Gasteiger partial charge in [-0.3, -0.25) is 14.6 Å². The van der Waals surface area contributed by atoms with Gasteiger partial charge in [0.05, 0.1) is 24.9 Å². The van der Waals surface area contributed by atoms with Gasteiger partial charge in [-0.15, -0.1) is 0 Å². The second kappa shape index (κ2) is 10.5. The Morgan fingerprint density at radius 1 is 1.28 bits per heavy atom. The number of aromatic nitrogens is 3. The molecule has 0 bridgehead atoms. The molecule has 10 heteroatoms. The van der Waals surface area contributed by atoms with Crippen LogP contribution in [0.25, 0.3) is 11.3 Å². The Labute approximate surface area is 213 Å². The molecule has 196 valence electrons. The number of nitrogens with zero attached hydrogens (tertiary/aromatic N) is 3. The van der Waals surface area contributed by atoms with Gasteiger partial charge in [-0.1, -0.05) is 26.6 Å². The van der Waals surface area contributed by atoms with Gasteiger partial charge < -0.3 is 14.8 Å². The van der Waals surface area contributed by atoms with Gasteiger partial charge in [0.15, 0.2) is 11.6 Å². The van der Waals surface area contributed by atoms with Crippen LogP contribution in [-0.2, 0) is 27.4 Å². The first-order valence-corrected chi connectivity index (χ1v) is 16.4. The monoisotopic (exact) mass is 516 g/mol. The van der Waals surface area contributed by atoms with Gasteiger partial charge in [0, 0.05) is 37.4 Å². The highest BCUT2D eigenvalue weighted by molar-refractivity contribution is 6.76. The zero-order chi connectivity index (χ0) is 26.1. The van der Waals surface area contributed by atoms with Crippen molar-refractivity contribution >= 4 is 19.8 Å². The van der Waals surface area contributed by atoms with Gasteiger partial charge in [-0.05, 0) is 50.4 Å². The van der Waals surface area contributed by atoms with Crippen LogP contribution in [0.3, 0.4) is 0 Å². The molecular formula is C26H37FN4O4Si. The summed E-state index contributed by atoms with van der Waals surface area (Å²) < 4.78 is 27.3. The number of carbonyl (C=O) groups is 2. The van der Waals surface area contributed by atoms with Gasteiger partial charge in [-0.2, -0.15) is 5.10 Å². The molecule has 36 heavy (non-hydrogen) atoms. The lowest BCUT2D eigenvalue weighted by Crippen LogP contribution is -2.45. The standard InChI is InChI=1S/C26H37FN4O4Si/c1-6-18-11-19(21(27)15-28-18)23-12-22(30-31(23)16-35-9-10-36(3,4)5)24(32)20-14-26(20)13-17(7-8-29-26)25(33)34-2/h11-12,15,17,20,29H,6-10,13-14,16H2,1-5H3. The van der Waals surface area contributed by atoms with Crippen LogP contribution < -0.4 is 5.32 Å². The predicted octanol–water partition coefficient (Wildman–Crippen LogP) is 4.07. The third-order valence-electron chi connectivity index (χ3n) is 7.30. The molecule has 1 spiro atoms. The Bertz CT molecular complexity index is 1130. The number of nitrogens with one attached hydrogen (secondary N) is 1. The van der Waals surface area contributed by atoms with E-state index in [-0.39, 0.29) is 36.0 Å². The molecular weight excluding hydrogens is 479 g/mol. The quantitative estimate of drug-likeness (QED) is 0.220. The highest BCUT2D eigenvalue weighted by Gasteiger charge is 2.60. The van der Waals surface area contributed by atoms with Crippen molar-refractivity contribution in [1.29, 1.82) is 0 Å². The highest BCUT2D eigenvalue weighted by atomic mass is 28.3. The summed E-state index contributed by atoms with van der Waals surface area (Å²) in [5, 5.41) is 8.03. The second-order valence-electron chi connectivity index (χ2n) is 11.2. The van der Waals surface area contributed by atoms with Crippen molar-refractivity contribution in [2.75, 3.05) is 20.3 Å². The minimum Gasteiger partial charge on any atom is -0.469 e. The van der Waals surface area contributed by atoms with Crippen LogP contribution in [0.15, 0.2) is 18.3 Å². The molecule has 1 aliphatic heterocycles. The summed E-state index contributed by atoms with van der Waals surface area (Å²) in [6.07, 6.45) is 3.80. The first-order valence-electron chi connectivity index (χ1n) is 12.7. The van der Waals surface area contributed by atoms with E-state index >= 15 is 0 Å². The second-order valence-corrected chi connectivity index (χ2v) is 16.8. The van der Waals surface area contributed by atoms with Gasteiger partial charge in [0.25, 0.3) is 0 Å². The molecule has 0 radical (unpaired) electrons. The van der Waals surface area contributed by atoms with Gasteiger partial charge in [0.2, 0.25) is 0 Å². The summed E-state index contributed by atoms with van der Waals surface area (Å²) in [5.74, 6) is -1.27. The maximum absolute atomic E-state index is 14.9. The first kappa shape index (κ1) is 26.6. The lowest BCUT2D eigenvalue weighted by atomic mass is 9.88. The van der Waals surface area contributed by atoms with E-state index in [0.717, 1.165) is 11.7 Å². The van der Waals surface area contributed by atoms with E-state index in [9.17, 15) is 14.0 Å². The third-order valence-corrected chi connectivity index (χ3v) is 9.00. The number of pyridine rings is 1. The van der Waals surface area contributed by atoms with Crippen molar-refractivity contribution in [3.63, 3.8) is 0 Å². The number of methoxy groups -OCH3 is 1. The Kier molecular flexibility index (Phi) is 7.77.